The third kappa shape index (κ3) is 3.28. The smallest absolute Gasteiger partial charge is 0.260 e. The number of benzene rings is 3. The number of rotatable bonds is 5. The van der Waals surface area contributed by atoms with Gasteiger partial charge in [-0.3, -0.25) is 4.79 Å². The van der Waals surface area contributed by atoms with Crippen LogP contribution in [0.3, 0.4) is 0 Å². The SMILES string of the molecule is CC1=NN(c2ccccc2)C(=O)C1(Cc1ccccc1)Cc1ccccc1. The third-order valence-corrected chi connectivity index (χ3v) is 5.24. The van der Waals surface area contributed by atoms with E-state index < -0.39 is 5.41 Å². The summed E-state index contributed by atoms with van der Waals surface area (Å²) in [5, 5.41) is 6.26. The van der Waals surface area contributed by atoms with Gasteiger partial charge < -0.3 is 0 Å². The molecule has 0 saturated carbocycles. The largest absolute Gasteiger partial charge is 0.271 e. The molecule has 0 aliphatic carbocycles. The zero-order valence-corrected chi connectivity index (χ0v) is 15.4. The van der Waals surface area contributed by atoms with Crippen molar-refractivity contribution >= 4 is 17.3 Å². The fraction of sp³-hybridized carbons (Fsp3) is 0.167. The summed E-state index contributed by atoms with van der Waals surface area (Å²) < 4.78 is 0. The van der Waals surface area contributed by atoms with Crippen LogP contribution >= 0.6 is 0 Å². The van der Waals surface area contributed by atoms with Crippen LogP contribution in [0.15, 0.2) is 96.1 Å². The number of nitrogens with zero attached hydrogens (tertiary/aromatic N) is 2. The number of hydrogen-bond acceptors (Lipinski definition) is 2. The van der Waals surface area contributed by atoms with Crippen molar-refractivity contribution in [3.8, 4) is 0 Å². The molecule has 0 atom stereocenters. The highest BCUT2D eigenvalue weighted by atomic mass is 16.2. The summed E-state index contributed by atoms with van der Waals surface area (Å²) in [6.45, 7) is 1.98. The molecule has 3 heteroatoms. The molecule has 0 fully saturated rings. The van der Waals surface area contributed by atoms with Crippen LogP contribution in [0.4, 0.5) is 5.69 Å². The minimum atomic E-state index is -0.668. The molecule has 134 valence electrons. The Kier molecular flexibility index (Phi) is 4.59. The molecule has 0 unspecified atom stereocenters. The maximum Gasteiger partial charge on any atom is 0.260 e. The van der Waals surface area contributed by atoms with Crippen molar-refractivity contribution < 1.29 is 4.79 Å². The molecule has 0 saturated heterocycles. The lowest BCUT2D eigenvalue weighted by Crippen LogP contribution is -2.43. The Balaban J connectivity index is 1.76. The van der Waals surface area contributed by atoms with E-state index in [4.69, 9.17) is 0 Å². The van der Waals surface area contributed by atoms with E-state index in [1.165, 1.54) is 0 Å². The van der Waals surface area contributed by atoms with Crippen LogP contribution < -0.4 is 5.01 Å². The van der Waals surface area contributed by atoms with Gasteiger partial charge in [-0.2, -0.15) is 10.1 Å². The van der Waals surface area contributed by atoms with E-state index in [0.29, 0.717) is 12.8 Å². The fourth-order valence-corrected chi connectivity index (χ4v) is 3.75. The molecule has 3 aromatic rings. The van der Waals surface area contributed by atoms with Gasteiger partial charge in [0.05, 0.1) is 16.8 Å². The first-order chi connectivity index (χ1) is 13.2. The van der Waals surface area contributed by atoms with E-state index in [9.17, 15) is 4.79 Å². The number of hydrazone groups is 1. The summed E-state index contributed by atoms with van der Waals surface area (Å²) in [5.74, 6) is 0.0407. The summed E-state index contributed by atoms with van der Waals surface area (Å²) in [6, 6.07) is 30.1. The van der Waals surface area contributed by atoms with Gasteiger partial charge in [-0.25, -0.2) is 0 Å². The number of carbonyl (C=O) groups is 1. The van der Waals surface area contributed by atoms with Gasteiger partial charge in [-0.15, -0.1) is 0 Å². The normalized spacial score (nSPS) is 15.7. The lowest BCUT2D eigenvalue weighted by Gasteiger charge is -2.29. The molecule has 1 aliphatic heterocycles. The Hall–Kier alpha value is -3.20. The zero-order chi connectivity index (χ0) is 18.7. The highest BCUT2D eigenvalue weighted by Gasteiger charge is 2.49. The van der Waals surface area contributed by atoms with Gasteiger partial charge in [0.1, 0.15) is 0 Å². The molecule has 0 spiro atoms. The van der Waals surface area contributed by atoms with Crippen molar-refractivity contribution in [2.75, 3.05) is 5.01 Å². The minimum absolute atomic E-state index is 0.0407. The van der Waals surface area contributed by atoms with Gasteiger partial charge in [0.25, 0.3) is 5.91 Å². The second-order valence-electron chi connectivity index (χ2n) is 7.04. The Labute approximate surface area is 160 Å². The zero-order valence-electron chi connectivity index (χ0n) is 15.4. The molecule has 1 aliphatic rings. The average molecular weight is 354 g/mol. The van der Waals surface area contributed by atoms with Crippen LogP contribution in [0.25, 0.3) is 0 Å². The van der Waals surface area contributed by atoms with E-state index >= 15 is 0 Å². The van der Waals surface area contributed by atoms with Crippen molar-refractivity contribution in [1.82, 2.24) is 0 Å². The standard InChI is InChI=1S/C24H22N2O/c1-19-24(17-20-11-5-2-6-12-20,18-21-13-7-3-8-14-21)23(27)26(25-19)22-15-9-4-10-16-22/h2-16H,17-18H2,1H3. The number of amides is 1. The van der Waals surface area contributed by atoms with Gasteiger partial charge in [0, 0.05) is 0 Å². The molecule has 1 amide bonds. The van der Waals surface area contributed by atoms with Gasteiger partial charge in [-0.1, -0.05) is 78.9 Å². The van der Waals surface area contributed by atoms with Gasteiger partial charge >= 0.3 is 0 Å². The van der Waals surface area contributed by atoms with Crippen LogP contribution in [0.5, 0.6) is 0 Å². The van der Waals surface area contributed by atoms with Crippen molar-refractivity contribution in [2.45, 2.75) is 19.8 Å². The van der Waals surface area contributed by atoms with E-state index in [2.05, 4.69) is 29.4 Å². The Morgan fingerprint density at radius 3 is 1.67 bits per heavy atom. The summed E-state index contributed by atoms with van der Waals surface area (Å²) in [5.41, 5.74) is 3.30. The number of carbonyl (C=O) groups excluding carboxylic acids is 1. The molecule has 0 bridgehead atoms. The van der Waals surface area contributed by atoms with Crippen molar-refractivity contribution in [1.29, 1.82) is 0 Å². The Bertz CT molecular complexity index is 908. The second kappa shape index (κ2) is 7.20. The van der Waals surface area contributed by atoms with Crippen LogP contribution in [0.2, 0.25) is 0 Å². The molecule has 0 aromatic heterocycles. The van der Waals surface area contributed by atoms with Gasteiger partial charge in [0.15, 0.2) is 0 Å². The molecule has 0 radical (unpaired) electrons. The highest BCUT2D eigenvalue weighted by Crippen LogP contribution is 2.38. The summed E-state index contributed by atoms with van der Waals surface area (Å²) in [4.78, 5) is 13.7. The Morgan fingerprint density at radius 2 is 1.19 bits per heavy atom. The fourth-order valence-electron chi connectivity index (χ4n) is 3.75. The van der Waals surface area contributed by atoms with Crippen LogP contribution in [0.1, 0.15) is 18.1 Å². The molecule has 27 heavy (non-hydrogen) atoms. The lowest BCUT2D eigenvalue weighted by atomic mass is 9.73. The summed E-state index contributed by atoms with van der Waals surface area (Å²) >= 11 is 0. The van der Waals surface area contributed by atoms with E-state index in [1.54, 1.807) is 5.01 Å². The van der Waals surface area contributed by atoms with E-state index in [-0.39, 0.29) is 5.91 Å². The minimum Gasteiger partial charge on any atom is -0.271 e. The molecule has 3 aromatic carbocycles. The third-order valence-electron chi connectivity index (χ3n) is 5.24. The molecule has 4 rings (SSSR count). The number of anilines is 1. The first-order valence-electron chi connectivity index (χ1n) is 9.22. The molecular weight excluding hydrogens is 332 g/mol. The first kappa shape index (κ1) is 17.2. The quantitative estimate of drug-likeness (QED) is 0.643. The number of para-hydroxylation sites is 1. The monoisotopic (exact) mass is 354 g/mol. The van der Waals surface area contributed by atoms with Crippen LogP contribution in [-0.2, 0) is 17.6 Å². The Morgan fingerprint density at radius 1 is 0.741 bits per heavy atom. The predicted molar refractivity (Wildman–Crippen MR) is 110 cm³/mol. The van der Waals surface area contributed by atoms with Gasteiger partial charge in [-0.05, 0) is 43.0 Å². The van der Waals surface area contributed by atoms with Crippen LogP contribution in [-0.4, -0.2) is 11.6 Å². The number of hydrogen-bond donors (Lipinski definition) is 0. The van der Waals surface area contributed by atoms with E-state index in [1.807, 2.05) is 73.7 Å². The molecular formula is C24H22N2O. The molecule has 3 nitrogen and oxygen atoms in total. The maximum absolute atomic E-state index is 13.7. The first-order valence-corrected chi connectivity index (χ1v) is 9.22. The lowest BCUT2D eigenvalue weighted by molar-refractivity contribution is -0.123. The van der Waals surface area contributed by atoms with Crippen LogP contribution in [0, 0.1) is 5.41 Å². The maximum atomic E-state index is 13.7. The molecule has 1 heterocycles. The van der Waals surface area contributed by atoms with Crippen molar-refractivity contribution in [2.24, 2.45) is 10.5 Å². The van der Waals surface area contributed by atoms with E-state index in [0.717, 1.165) is 22.5 Å². The van der Waals surface area contributed by atoms with Gasteiger partial charge in [0.2, 0.25) is 0 Å². The summed E-state index contributed by atoms with van der Waals surface area (Å²) in [7, 11) is 0. The van der Waals surface area contributed by atoms with Crippen molar-refractivity contribution in [3.05, 3.63) is 102 Å². The second-order valence-corrected chi connectivity index (χ2v) is 7.04. The topological polar surface area (TPSA) is 32.7 Å². The highest BCUT2D eigenvalue weighted by molar-refractivity contribution is 6.18. The molecule has 0 N–H and O–H groups in total. The predicted octanol–water partition coefficient (Wildman–Crippen LogP) is 4.88. The van der Waals surface area contributed by atoms with Crippen molar-refractivity contribution in [3.63, 3.8) is 0 Å². The summed E-state index contributed by atoms with van der Waals surface area (Å²) in [6.07, 6.45) is 1.28. The average Bonchev–Trinajstić information content (AvgIpc) is 2.95.